The van der Waals surface area contributed by atoms with Crippen LogP contribution in [0.4, 0.5) is 0 Å². The van der Waals surface area contributed by atoms with Gasteiger partial charge in [-0.3, -0.25) is 14.7 Å². The molecule has 0 unspecified atom stereocenters. The molecule has 2 aromatic rings. The third-order valence-corrected chi connectivity index (χ3v) is 6.93. The van der Waals surface area contributed by atoms with Gasteiger partial charge in [0.05, 0.1) is 29.6 Å². The summed E-state index contributed by atoms with van der Waals surface area (Å²) in [4.78, 5) is 30.4. The van der Waals surface area contributed by atoms with Gasteiger partial charge in [-0.2, -0.15) is 5.10 Å². The Hall–Kier alpha value is -2.83. The number of ether oxygens (including phenoxy) is 1. The zero-order valence-corrected chi connectivity index (χ0v) is 19.3. The van der Waals surface area contributed by atoms with Crippen LogP contribution in [0.2, 0.25) is 0 Å². The van der Waals surface area contributed by atoms with Gasteiger partial charge in [0.2, 0.25) is 0 Å². The number of likely N-dealkylation sites (tertiary alicyclic amines) is 2. The number of hydrogen-bond acceptors (Lipinski definition) is 4. The van der Waals surface area contributed by atoms with Crippen molar-refractivity contribution in [2.24, 2.45) is 0 Å². The van der Waals surface area contributed by atoms with E-state index in [4.69, 9.17) is 4.74 Å². The molecule has 0 aliphatic carbocycles. The quantitative estimate of drug-likeness (QED) is 0.758. The van der Waals surface area contributed by atoms with Crippen LogP contribution in [-0.2, 0) is 0 Å². The lowest BCUT2D eigenvalue weighted by Gasteiger charge is -2.39. The van der Waals surface area contributed by atoms with E-state index in [0.717, 1.165) is 31.4 Å². The van der Waals surface area contributed by atoms with Crippen LogP contribution in [0.25, 0.3) is 0 Å². The minimum Gasteiger partial charge on any atom is -0.493 e. The van der Waals surface area contributed by atoms with E-state index >= 15 is 0 Å². The zero-order chi connectivity index (χ0) is 22.7. The number of carbonyl (C=O) groups is 2. The molecule has 0 saturated carbocycles. The molecule has 2 atom stereocenters. The van der Waals surface area contributed by atoms with E-state index in [9.17, 15) is 9.59 Å². The van der Waals surface area contributed by atoms with E-state index in [-0.39, 0.29) is 29.8 Å². The monoisotopic (exact) mass is 438 g/mol. The number of hydrogen-bond donors (Lipinski definition) is 1. The Morgan fingerprint density at radius 2 is 1.72 bits per heavy atom. The zero-order valence-electron chi connectivity index (χ0n) is 19.3. The number of H-pyrrole nitrogens is 1. The predicted molar refractivity (Wildman–Crippen MR) is 123 cm³/mol. The van der Waals surface area contributed by atoms with Crippen molar-refractivity contribution >= 4 is 11.8 Å². The van der Waals surface area contributed by atoms with Crippen molar-refractivity contribution in [3.05, 3.63) is 47.3 Å². The topological polar surface area (TPSA) is 78.5 Å². The van der Waals surface area contributed by atoms with Crippen LogP contribution >= 0.6 is 0 Å². The van der Waals surface area contributed by atoms with Gasteiger partial charge in [-0.1, -0.05) is 12.1 Å². The molecule has 0 spiro atoms. The molecule has 2 fully saturated rings. The average Bonchev–Trinajstić information content (AvgIpc) is 3.29. The molecule has 172 valence electrons. The maximum absolute atomic E-state index is 13.4. The fourth-order valence-electron chi connectivity index (χ4n) is 5.20. The van der Waals surface area contributed by atoms with Gasteiger partial charge in [0.15, 0.2) is 0 Å². The summed E-state index contributed by atoms with van der Waals surface area (Å²) in [5, 5.41) is 7.33. The van der Waals surface area contributed by atoms with Crippen molar-refractivity contribution in [3.8, 4) is 5.75 Å². The number of rotatable bonds is 5. The normalized spacial score (nSPS) is 22.1. The van der Waals surface area contributed by atoms with Crippen LogP contribution in [0, 0.1) is 0 Å². The SMILES string of the molecule is CCOc1ccccc1C(=O)N1CCC(c2[nH]ncc2C(=O)N2[C@H](C)CCC[C@H]2C)CC1. The van der Waals surface area contributed by atoms with E-state index < -0.39 is 0 Å². The van der Waals surface area contributed by atoms with Gasteiger partial charge >= 0.3 is 0 Å². The largest absolute Gasteiger partial charge is 0.493 e. The molecule has 32 heavy (non-hydrogen) atoms. The van der Waals surface area contributed by atoms with Crippen molar-refractivity contribution in [2.45, 2.75) is 70.9 Å². The van der Waals surface area contributed by atoms with Crippen LogP contribution in [0.15, 0.2) is 30.5 Å². The molecule has 2 aliphatic rings. The Kier molecular flexibility index (Phi) is 6.82. The number of carbonyl (C=O) groups excluding carboxylic acids is 2. The van der Waals surface area contributed by atoms with Gasteiger partial charge in [0, 0.05) is 31.1 Å². The highest BCUT2D eigenvalue weighted by Gasteiger charge is 2.34. The molecule has 2 saturated heterocycles. The second-order valence-electron chi connectivity index (χ2n) is 9.03. The first-order valence-electron chi connectivity index (χ1n) is 11.9. The summed E-state index contributed by atoms with van der Waals surface area (Å²) in [5.74, 6) is 0.911. The lowest BCUT2D eigenvalue weighted by atomic mass is 9.89. The smallest absolute Gasteiger partial charge is 0.257 e. The van der Waals surface area contributed by atoms with Crippen molar-refractivity contribution < 1.29 is 14.3 Å². The molecule has 4 rings (SSSR count). The van der Waals surface area contributed by atoms with Crippen LogP contribution in [0.1, 0.15) is 85.2 Å². The Morgan fingerprint density at radius 3 is 2.41 bits per heavy atom. The van der Waals surface area contributed by atoms with Gasteiger partial charge in [-0.15, -0.1) is 0 Å². The number of nitrogens with zero attached hydrogens (tertiary/aromatic N) is 3. The van der Waals surface area contributed by atoms with E-state index in [1.165, 1.54) is 6.42 Å². The number of piperidine rings is 2. The number of amides is 2. The van der Waals surface area contributed by atoms with Crippen molar-refractivity contribution in [1.29, 1.82) is 0 Å². The molecule has 7 nitrogen and oxygen atoms in total. The highest BCUT2D eigenvalue weighted by Crippen LogP contribution is 2.32. The Labute approximate surface area is 190 Å². The Bertz CT molecular complexity index is 938. The van der Waals surface area contributed by atoms with Crippen LogP contribution in [0.3, 0.4) is 0 Å². The van der Waals surface area contributed by atoms with E-state index in [1.807, 2.05) is 41.0 Å². The van der Waals surface area contributed by atoms with Crippen molar-refractivity contribution in [3.63, 3.8) is 0 Å². The molecule has 1 N–H and O–H groups in total. The summed E-state index contributed by atoms with van der Waals surface area (Å²) in [6, 6.07) is 7.92. The summed E-state index contributed by atoms with van der Waals surface area (Å²) >= 11 is 0. The predicted octanol–water partition coefficient (Wildman–Crippen LogP) is 4.23. The Balaban J connectivity index is 1.44. The molecular formula is C25H34N4O3. The third kappa shape index (κ3) is 4.38. The lowest BCUT2D eigenvalue weighted by Crippen LogP contribution is -2.47. The second kappa shape index (κ2) is 9.76. The highest BCUT2D eigenvalue weighted by molar-refractivity contribution is 5.97. The maximum atomic E-state index is 13.4. The van der Waals surface area contributed by atoms with Gasteiger partial charge in [0.25, 0.3) is 11.8 Å². The maximum Gasteiger partial charge on any atom is 0.257 e. The number of aromatic nitrogens is 2. The Morgan fingerprint density at radius 1 is 1.03 bits per heavy atom. The standard InChI is InChI=1S/C25H34N4O3/c1-4-32-22-11-6-5-10-20(22)24(30)28-14-12-19(13-15-28)23-21(16-26-27-23)25(31)29-17(2)8-7-9-18(29)3/h5-6,10-11,16-19H,4,7-9,12-15H2,1-3H3,(H,26,27)/t17-,18-/m1/s1. The first kappa shape index (κ1) is 22.4. The molecular weight excluding hydrogens is 404 g/mol. The third-order valence-electron chi connectivity index (χ3n) is 6.93. The number of aromatic amines is 1. The fourth-order valence-corrected chi connectivity index (χ4v) is 5.20. The molecule has 2 amide bonds. The molecule has 0 bridgehead atoms. The second-order valence-corrected chi connectivity index (χ2v) is 9.03. The summed E-state index contributed by atoms with van der Waals surface area (Å²) < 4.78 is 5.64. The minimum absolute atomic E-state index is 0.00405. The number of para-hydroxylation sites is 1. The number of benzene rings is 1. The fraction of sp³-hybridized carbons (Fsp3) is 0.560. The van der Waals surface area contributed by atoms with Crippen molar-refractivity contribution in [2.75, 3.05) is 19.7 Å². The highest BCUT2D eigenvalue weighted by atomic mass is 16.5. The average molecular weight is 439 g/mol. The summed E-state index contributed by atoms with van der Waals surface area (Å²) in [5.41, 5.74) is 2.22. The molecule has 3 heterocycles. The summed E-state index contributed by atoms with van der Waals surface area (Å²) in [6.45, 7) is 8.01. The van der Waals surface area contributed by atoms with E-state index in [2.05, 4.69) is 24.0 Å². The summed E-state index contributed by atoms with van der Waals surface area (Å²) in [7, 11) is 0. The van der Waals surface area contributed by atoms with Gasteiger partial charge in [0.1, 0.15) is 5.75 Å². The lowest BCUT2D eigenvalue weighted by molar-refractivity contribution is 0.0507. The molecule has 2 aliphatic heterocycles. The molecule has 7 heteroatoms. The first-order valence-corrected chi connectivity index (χ1v) is 11.9. The van der Waals surface area contributed by atoms with Crippen LogP contribution < -0.4 is 4.74 Å². The number of nitrogens with one attached hydrogen (secondary N) is 1. The molecule has 1 aromatic carbocycles. The van der Waals surface area contributed by atoms with E-state index in [1.54, 1.807) is 6.20 Å². The first-order chi connectivity index (χ1) is 15.5. The van der Waals surface area contributed by atoms with Crippen LogP contribution in [-0.4, -0.2) is 63.6 Å². The van der Waals surface area contributed by atoms with Gasteiger partial charge in [-0.05, 0) is 65.0 Å². The molecule has 0 radical (unpaired) electrons. The van der Waals surface area contributed by atoms with Gasteiger partial charge in [-0.25, -0.2) is 0 Å². The minimum atomic E-state index is 0.00405. The summed E-state index contributed by atoms with van der Waals surface area (Å²) in [6.07, 6.45) is 6.55. The van der Waals surface area contributed by atoms with Crippen LogP contribution in [0.5, 0.6) is 5.75 Å². The van der Waals surface area contributed by atoms with Crippen molar-refractivity contribution in [1.82, 2.24) is 20.0 Å². The van der Waals surface area contributed by atoms with E-state index in [0.29, 0.717) is 36.6 Å². The molecule has 1 aromatic heterocycles. The van der Waals surface area contributed by atoms with Gasteiger partial charge < -0.3 is 14.5 Å².